The van der Waals surface area contributed by atoms with Crippen LogP contribution in [0.15, 0.2) is 77.5 Å². The molecule has 2 aromatic rings. The number of allylic oxidation sites excluding steroid dienone is 1. The number of hydrogen-bond acceptors (Lipinski definition) is 2. The molecule has 176 valence electrons. The maximum absolute atomic E-state index is 4.80. The Hall–Kier alpha value is -2.48. The van der Waals surface area contributed by atoms with Crippen LogP contribution in [0.2, 0.25) is 0 Å². The van der Waals surface area contributed by atoms with E-state index in [1.807, 2.05) is 12.3 Å². The van der Waals surface area contributed by atoms with Crippen LogP contribution in [0.5, 0.6) is 0 Å². The minimum Gasteiger partial charge on any atom is -0.158 e. The zero-order valence-corrected chi connectivity index (χ0v) is 20.8. The summed E-state index contributed by atoms with van der Waals surface area (Å²) in [7, 11) is 0. The highest BCUT2D eigenvalue weighted by molar-refractivity contribution is 6.02. The van der Waals surface area contributed by atoms with Crippen molar-refractivity contribution in [3.8, 4) is 0 Å². The van der Waals surface area contributed by atoms with Gasteiger partial charge >= 0.3 is 0 Å². The summed E-state index contributed by atoms with van der Waals surface area (Å²) >= 11 is 0. The molecule has 2 aromatic carbocycles. The molecule has 0 N–H and O–H groups in total. The van der Waals surface area contributed by atoms with Gasteiger partial charge in [-0.2, -0.15) is 10.2 Å². The second-order valence-corrected chi connectivity index (χ2v) is 9.61. The topological polar surface area (TPSA) is 24.7 Å². The molecule has 0 radical (unpaired) electrons. The number of nitrogens with zero attached hydrogens (tertiary/aromatic N) is 2. The van der Waals surface area contributed by atoms with Crippen LogP contribution in [0, 0.1) is 17.8 Å². The fourth-order valence-corrected chi connectivity index (χ4v) is 5.40. The van der Waals surface area contributed by atoms with Gasteiger partial charge in [-0.3, -0.25) is 0 Å². The molecule has 0 saturated heterocycles. The van der Waals surface area contributed by atoms with Crippen LogP contribution in [0.4, 0.5) is 0 Å². The van der Waals surface area contributed by atoms with Gasteiger partial charge in [-0.25, -0.2) is 0 Å². The van der Waals surface area contributed by atoms with Gasteiger partial charge in [0.1, 0.15) is 0 Å². The standard InChI is InChI=1S/C31H42N2/c1-4-7-13-25-16-18-26(19-17-25)24-32-33-31(29-14-9-8-10-15-29)30-22-20-28(21-23-30)27(11-5-2)12-6-3/h4,8-10,14-19,24,27-28,30H,1,5-7,11-13,20-23H2,2-3H3/t28-,30-. The second-order valence-electron chi connectivity index (χ2n) is 9.61. The third kappa shape index (κ3) is 7.81. The average Bonchev–Trinajstić information content (AvgIpc) is 2.87. The third-order valence-corrected chi connectivity index (χ3v) is 7.20. The molecule has 33 heavy (non-hydrogen) atoms. The molecular formula is C31H42N2. The van der Waals surface area contributed by atoms with Crippen LogP contribution in [0.25, 0.3) is 0 Å². The van der Waals surface area contributed by atoms with Crippen molar-refractivity contribution in [3.05, 3.63) is 83.9 Å². The lowest BCUT2D eigenvalue weighted by molar-refractivity contribution is 0.206. The summed E-state index contributed by atoms with van der Waals surface area (Å²) < 4.78 is 0. The first-order valence-corrected chi connectivity index (χ1v) is 13.1. The molecule has 3 rings (SSSR count). The Morgan fingerprint density at radius 1 is 0.939 bits per heavy atom. The molecule has 0 amide bonds. The first-order chi connectivity index (χ1) is 16.2. The minimum absolute atomic E-state index is 0.506. The summed E-state index contributed by atoms with van der Waals surface area (Å²) in [5, 5.41) is 9.35. The summed E-state index contributed by atoms with van der Waals surface area (Å²) in [5.41, 5.74) is 4.81. The maximum atomic E-state index is 4.80. The molecule has 0 aromatic heterocycles. The van der Waals surface area contributed by atoms with Gasteiger partial charge in [0.2, 0.25) is 0 Å². The van der Waals surface area contributed by atoms with Crippen LogP contribution in [-0.4, -0.2) is 11.9 Å². The fraction of sp³-hybridized carbons (Fsp3) is 0.484. The van der Waals surface area contributed by atoms with E-state index in [0.29, 0.717) is 5.92 Å². The van der Waals surface area contributed by atoms with Crippen LogP contribution in [-0.2, 0) is 6.42 Å². The molecular weight excluding hydrogens is 400 g/mol. The van der Waals surface area contributed by atoms with Crippen LogP contribution in [0.1, 0.15) is 88.3 Å². The second kappa shape index (κ2) is 13.9. The molecule has 0 heterocycles. The Balaban J connectivity index is 1.70. The Morgan fingerprint density at radius 2 is 1.61 bits per heavy atom. The van der Waals surface area contributed by atoms with E-state index in [1.165, 1.54) is 62.5 Å². The minimum atomic E-state index is 0.506. The van der Waals surface area contributed by atoms with Crippen molar-refractivity contribution in [2.24, 2.45) is 28.0 Å². The summed E-state index contributed by atoms with van der Waals surface area (Å²) in [4.78, 5) is 0. The summed E-state index contributed by atoms with van der Waals surface area (Å²) in [6.07, 6.45) is 16.4. The third-order valence-electron chi connectivity index (χ3n) is 7.20. The summed E-state index contributed by atoms with van der Waals surface area (Å²) in [6, 6.07) is 19.3. The quantitative estimate of drug-likeness (QED) is 0.178. The van der Waals surface area contributed by atoms with E-state index in [1.54, 1.807) is 0 Å². The van der Waals surface area contributed by atoms with E-state index < -0.39 is 0 Å². The zero-order valence-electron chi connectivity index (χ0n) is 20.8. The van der Waals surface area contributed by atoms with Gasteiger partial charge in [-0.1, -0.05) is 100 Å². The maximum Gasteiger partial charge on any atom is 0.0733 e. The molecule has 0 unspecified atom stereocenters. The largest absolute Gasteiger partial charge is 0.158 e. The Labute approximate surface area is 201 Å². The van der Waals surface area contributed by atoms with Crippen LogP contribution >= 0.6 is 0 Å². The smallest absolute Gasteiger partial charge is 0.0733 e. The number of aryl methyl sites for hydroxylation is 1. The van der Waals surface area contributed by atoms with E-state index >= 15 is 0 Å². The highest BCUT2D eigenvalue weighted by Gasteiger charge is 2.29. The summed E-state index contributed by atoms with van der Waals surface area (Å²) in [5.74, 6) is 2.30. The van der Waals surface area contributed by atoms with Gasteiger partial charge in [-0.05, 0) is 67.1 Å². The van der Waals surface area contributed by atoms with Crippen molar-refractivity contribution in [3.63, 3.8) is 0 Å². The van der Waals surface area contributed by atoms with E-state index in [2.05, 4.69) is 80.1 Å². The van der Waals surface area contributed by atoms with Crippen molar-refractivity contribution in [1.29, 1.82) is 0 Å². The molecule has 1 aliphatic rings. The van der Waals surface area contributed by atoms with E-state index in [9.17, 15) is 0 Å². The molecule has 0 aliphatic heterocycles. The van der Waals surface area contributed by atoms with Crippen molar-refractivity contribution in [1.82, 2.24) is 0 Å². The highest BCUT2D eigenvalue weighted by Crippen LogP contribution is 2.38. The molecule has 2 nitrogen and oxygen atoms in total. The van der Waals surface area contributed by atoms with Crippen molar-refractivity contribution >= 4 is 11.9 Å². The van der Waals surface area contributed by atoms with Crippen molar-refractivity contribution < 1.29 is 0 Å². The molecule has 0 spiro atoms. The van der Waals surface area contributed by atoms with Gasteiger partial charge in [0.25, 0.3) is 0 Å². The van der Waals surface area contributed by atoms with Gasteiger partial charge in [0.05, 0.1) is 11.9 Å². The molecule has 0 bridgehead atoms. The Morgan fingerprint density at radius 3 is 2.21 bits per heavy atom. The highest BCUT2D eigenvalue weighted by atomic mass is 15.2. The number of rotatable bonds is 12. The van der Waals surface area contributed by atoms with Gasteiger partial charge in [0, 0.05) is 5.92 Å². The first-order valence-electron chi connectivity index (χ1n) is 13.1. The zero-order chi connectivity index (χ0) is 23.3. The molecule has 2 heteroatoms. The Bertz CT molecular complexity index is 865. The molecule has 1 aliphatic carbocycles. The molecule has 1 saturated carbocycles. The van der Waals surface area contributed by atoms with Crippen LogP contribution < -0.4 is 0 Å². The monoisotopic (exact) mass is 442 g/mol. The average molecular weight is 443 g/mol. The van der Waals surface area contributed by atoms with Gasteiger partial charge in [-0.15, -0.1) is 6.58 Å². The van der Waals surface area contributed by atoms with E-state index in [4.69, 9.17) is 5.10 Å². The summed E-state index contributed by atoms with van der Waals surface area (Å²) in [6.45, 7) is 8.48. The van der Waals surface area contributed by atoms with Gasteiger partial charge < -0.3 is 0 Å². The van der Waals surface area contributed by atoms with Gasteiger partial charge in [0.15, 0.2) is 0 Å². The number of benzene rings is 2. The van der Waals surface area contributed by atoms with Crippen molar-refractivity contribution in [2.75, 3.05) is 0 Å². The van der Waals surface area contributed by atoms with Crippen molar-refractivity contribution in [2.45, 2.75) is 78.1 Å². The predicted octanol–water partition coefficient (Wildman–Crippen LogP) is 8.65. The lowest BCUT2D eigenvalue weighted by Gasteiger charge is -2.34. The first kappa shape index (κ1) is 25.1. The lowest BCUT2D eigenvalue weighted by Crippen LogP contribution is -2.26. The normalized spacial score (nSPS) is 19.3. The fourth-order valence-electron chi connectivity index (χ4n) is 5.40. The molecule has 0 atom stereocenters. The van der Waals surface area contributed by atoms with E-state index in [-0.39, 0.29) is 0 Å². The predicted molar refractivity (Wildman–Crippen MR) is 144 cm³/mol. The van der Waals surface area contributed by atoms with Crippen LogP contribution in [0.3, 0.4) is 0 Å². The lowest BCUT2D eigenvalue weighted by atomic mass is 9.71. The number of hydrogen-bond donors (Lipinski definition) is 0. The van der Waals surface area contributed by atoms with E-state index in [0.717, 1.165) is 36.0 Å². The Kier molecular flexibility index (Phi) is 10.6. The SMILES string of the molecule is C=CCCc1ccc(C=NN=C(c2ccccc2)[C@H]2CC[C@H](C(CCC)CCC)CC2)cc1. The molecule has 1 fully saturated rings.